The topological polar surface area (TPSA) is 83.1 Å². The second-order valence-corrected chi connectivity index (χ2v) is 9.44. The van der Waals surface area contributed by atoms with Crippen molar-refractivity contribution < 1.29 is 22.3 Å². The molecule has 2 saturated carbocycles. The average molecular weight is 371 g/mol. The summed E-state index contributed by atoms with van der Waals surface area (Å²) in [6.07, 6.45) is 10.7. The van der Waals surface area contributed by atoms with Crippen LogP contribution >= 0.6 is 0 Å². The van der Waals surface area contributed by atoms with Crippen molar-refractivity contribution in [2.75, 3.05) is 5.75 Å². The number of fused-ring (bicyclic) bond motifs is 2. The lowest BCUT2D eigenvalue weighted by molar-refractivity contribution is -0.671. The normalized spacial score (nSPS) is 27.2. The molecular weight excluding hydrogens is 340 g/mol. The van der Waals surface area contributed by atoms with Gasteiger partial charge in [0.25, 0.3) is 0 Å². The molecule has 0 aliphatic heterocycles. The van der Waals surface area contributed by atoms with Crippen LogP contribution in [0.5, 0.6) is 0 Å². The molecule has 3 rings (SSSR count). The van der Waals surface area contributed by atoms with Gasteiger partial charge in [0.15, 0.2) is 0 Å². The SMILES string of the molecule is CC1(C)[C@@H]2CC[C@@]1(CS(=O)(=O)[O-])C(=O)C2.CCCCn1cc[n+](C)c1. The van der Waals surface area contributed by atoms with Crippen LogP contribution in [0.2, 0.25) is 0 Å². The van der Waals surface area contributed by atoms with Crippen LogP contribution in [-0.2, 0) is 28.5 Å². The molecule has 2 aliphatic carbocycles. The number of hydrogen-bond acceptors (Lipinski definition) is 4. The van der Waals surface area contributed by atoms with Crippen LogP contribution in [0.1, 0.15) is 52.9 Å². The van der Waals surface area contributed by atoms with Crippen molar-refractivity contribution in [2.45, 2.75) is 59.4 Å². The number of carbonyl (C=O) groups excluding carboxylic acids is 1. The van der Waals surface area contributed by atoms with Crippen molar-refractivity contribution in [3.8, 4) is 0 Å². The Balaban J connectivity index is 0.000000196. The first kappa shape index (κ1) is 20.1. The Bertz CT molecular complexity index is 723. The number of carbonyl (C=O) groups is 1. The lowest BCUT2D eigenvalue weighted by Crippen LogP contribution is -2.42. The van der Waals surface area contributed by atoms with E-state index in [1.165, 1.54) is 12.8 Å². The summed E-state index contributed by atoms with van der Waals surface area (Å²) in [5.41, 5.74) is -1.22. The number of ketones is 1. The van der Waals surface area contributed by atoms with Gasteiger partial charge in [-0.2, -0.15) is 0 Å². The summed E-state index contributed by atoms with van der Waals surface area (Å²) in [6, 6.07) is 0. The lowest BCUT2D eigenvalue weighted by Gasteiger charge is -2.37. The van der Waals surface area contributed by atoms with Crippen LogP contribution in [-0.4, -0.2) is 29.1 Å². The minimum absolute atomic E-state index is 0.0248. The highest BCUT2D eigenvalue weighted by molar-refractivity contribution is 7.85. The molecule has 2 bridgehead atoms. The first-order valence-electron chi connectivity index (χ1n) is 9.00. The first-order valence-corrected chi connectivity index (χ1v) is 10.6. The smallest absolute Gasteiger partial charge is 0.243 e. The molecule has 0 amide bonds. The van der Waals surface area contributed by atoms with Crippen molar-refractivity contribution in [2.24, 2.45) is 23.8 Å². The number of imidazole rings is 1. The van der Waals surface area contributed by atoms with E-state index < -0.39 is 21.3 Å². The minimum Gasteiger partial charge on any atom is -0.748 e. The van der Waals surface area contributed by atoms with Crippen molar-refractivity contribution in [3.63, 3.8) is 0 Å². The summed E-state index contributed by atoms with van der Waals surface area (Å²) in [5.74, 6) is -0.280. The van der Waals surface area contributed by atoms with Gasteiger partial charge in [-0.05, 0) is 30.6 Å². The van der Waals surface area contributed by atoms with Gasteiger partial charge in [0.05, 0.1) is 29.5 Å². The average Bonchev–Trinajstić information content (AvgIpc) is 3.06. The monoisotopic (exact) mass is 370 g/mol. The van der Waals surface area contributed by atoms with Gasteiger partial charge in [0, 0.05) is 11.8 Å². The van der Waals surface area contributed by atoms with E-state index in [1.54, 1.807) is 0 Å². The predicted molar refractivity (Wildman–Crippen MR) is 93.6 cm³/mol. The molecule has 0 unspecified atom stereocenters. The van der Waals surface area contributed by atoms with Crippen molar-refractivity contribution >= 4 is 15.9 Å². The fraction of sp³-hybridized carbons (Fsp3) is 0.778. The van der Waals surface area contributed by atoms with Gasteiger partial charge in [-0.15, -0.1) is 0 Å². The number of Topliss-reactive ketones (excluding diaryl/α,β-unsaturated/α-hetero) is 1. The fourth-order valence-corrected chi connectivity index (χ4v) is 5.67. The zero-order chi connectivity index (χ0) is 18.9. The number of hydrogen-bond donors (Lipinski definition) is 0. The maximum absolute atomic E-state index is 11.8. The van der Waals surface area contributed by atoms with Gasteiger partial charge >= 0.3 is 0 Å². The van der Waals surface area contributed by atoms with Crippen LogP contribution in [0, 0.1) is 16.7 Å². The molecule has 2 aliphatic rings. The predicted octanol–water partition coefficient (Wildman–Crippen LogP) is 2.04. The van der Waals surface area contributed by atoms with Crippen LogP contribution in [0.15, 0.2) is 18.7 Å². The molecule has 25 heavy (non-hydrogen) atoms. The van der Waals surface area contributed by atoms with Gasteiger partial charge in [-0.25, -0.2) is 17.6 Å². The summed E-state index contributed by atoms with van der Waals surface area (Å²) in [4.78, 5) is 11.8. The van der Waals surface area contributed by atoms with E-state index in [1.807, 2.05) is 20.9 Å². The van der Waals surface area contributed by atoms with Crippen LogP contribution in [0.4, 0.5) is 0 Å². The van der Waals surface area contributed by atoms with Crippen LogP contribution < -0.4 is 4.57 Å². The van der Waals surface area contributed by atoms with E-state index in [0.29, 0.717) is 12.8 Å². The van der Waals surface area contributed by atoms with E-state index in [4.69, 9.17) is 0 Å². The summed E-state index contributed by atoms with van der Waals surface area (Å²) < 4.78 is 37.0. The summed E-state index contributed by atoms with van der Waals surface area (Å²) in [7, 11) is -2.28. The largest absolute Gasteiger partial charge is 0.748 e. The standard InChI is InChI=1S/C10H16O4S.C8H15N2/c1-9(2)7-3-4-10(9,8(11)5-7)6-15(12,13)14;1-3-4-5-10-7-6-9(2)8-10/h7H,3-6H2,1-2H3,(H,12,13,14);6-8H,3-5H2,1-2H3/q;+1/p-1/t7-,10-;/m1./s1. The maximum atomic E-state index is 11.8. The fourth-order valence-electron chi connectivity index (χ4n) is 4.38. The zero-order valence-electron chi connectivity index (χ0n) is 15.7. The number of aromatic nitrogens is 2. The van der Waals surface area contributed by atoms with Crippen molar-refractivity contribution in [1.82, 2.24) is 4.57 Å². The molecule has 7 heteroatoms. The lowest BCUT2D eigenvalue weighted by atomic mass is 9.70. The van der Waals surface area contributed by atoms with Crippen molar-refractivity contribution in [1.29, 1.82) is 0 Å². The molecule has 2 fully saturated rings. The molecule has 0 radical (unpaired) electrons. The second-order valence-electron chi connectivity index (χ2n) is 8.04. The van der Waals surface area contributed by atoms with Gasteiger partial charge in [0.1, 0.15) is 18.2 Å². The van der Waals surface area contributed by atoms with Crippen LogP contribution in [0.3, 0.4) is 0 Å². The Kier molecular flexibility index (Phi) is 5.78. The molecule has 1 aromatic rings. The van der Waals surface area contributed by atoms with E-state index in [0.717, 1.165) is 13.0 Å². The summed E-state index contributed by atoms with van der Waals surface area (Å²) in [6.45, 7) is 7.20. The maximum Gasteiger partial charge on any atom is 0.243 e. The third kappa shape index (κ3) is 4.14. The van der Waals surface area contributed by atoms with E-state index in [2.05, 4.69) is 34.8 Å². The Labute approximate surface area is 151 Å². The Morgan fingerprint density at radius 1 is 1.40 bits per heavy atom. The summed E-state index contributed by atoms with van der Waals surface area (Å²) in [5, 5.41) is 0. The zero-order valence-corrected chi connectivity index (χ0v) is 16.5. The third-order valence-electron chi connectivity index (χ3n) is 6.16. The molecular formula is C18H30N2O4S. The van der Waals surface area contributed by atoms with Gasteiger partial charge in [-0.1, -0.05) is 27.2 Å². The molecule has 142 valence electrons. The molecule has 2 atom stereocenters. The molecule has 1 heterocycles. The van der Waals surface area contributed by atoms with Gasteiger partial charge in [0.2, 0.25) is 6.33 Å². The third-order valence-corrected chi connectivity index (χ3v) is 7.00. The van der Waals surface area contributed by atoms with Gasteiger partial charge in [-0.3, -0.25) is 4.79 Å². The quantitative estimate of drug-likeness (QED) is 0.586. The molecule has 0 aromatic carbocycles. The Morgan fingerprint density at radius 2 is 2.08 bits per heavy atom. The van der Waals surface area contributed by atoms with Gasteiger partial charge < -0.3 is 4.55 Å². The highest BCUT2D eigenvalue weighted by Gasteiger charge is 2.64. The summed E-state index contributed by atoms with van der Waals surface area (Å²) >= 11 is 0. The molecule has 1 aromatic heterocycles. The van der Waals surface area contributed by atoms with Crippen molar-refractivity contribution in [3.05, 3.63) is 18.7 Å². The Morgan fingerprint density at radius 3 is 2.48 bits per heavy atom. The number of nitrogens with zero attached hydrogens (tertiary/aromatic N) is 2. The highest BCUT2D eigenvalue weighted by Crippen LogP contribution is 2.64. The van der Waals surface area contributed by atoms with E-state index in [9.17, 15) is 17.8 Å². The second kappa shape index (κ2) is 7.19. The number of rotatable bonds is 5. The number of aryl methyl sites for hydroxylation is 2. The van der Waals surface area contributed by atoms with Crippen LogP contribution in [0.25, 0.3) is 0 Å². The molecule has 0 spiro atoms. The molecule has 0 saturated heterocycles. The van der Waals surface area contributed by atoms with E-state index >= 15 is 0 Å². The first-order chi connectivity index (χ1) is 11.5. The molecule has 6 nitrogen and oxygen atoms in total. The minimum atomic E-state index is -4.33. The highest BCUT2D eigenvalue weighted by atomic mass is 32.2. The number of unbranched alkanes of at least 4 members (excludes halogenated alkanes) is 1. The van der Waals surface area contributed by atoms with E-state index in [-0.39, 0.29) is 17.1 Å². The Hall–Kier alpha value is -1.21. The molecule has 0 N–H and O–H groups in total.